The minimum atomic E-state index is -3.51. The molecule has 1 aromatic carbocycles. The summed E-state index contributed by atoms with van der Waals surface area (Å²) in [7, 11) is -3.51. The first-order chi connectivity index (χ1) is 8.74. The van der Waals surface area contributed by atoms with Crippen molar-refractivity contribution in [1.29, 1.82) is 0 Å². The lowest BCUT2D eigenvalue weighted by molar-refractivity contribution is 0.390. The van der Waals surface area contributed by atoms with Gasteiger partial charge in [-0.25, -0.2) is 13.1 Å². The van der Waals surface area contributed by atoms with Crippen LogP contribution in [0.3, 0.4) is 0 Å². The number of aryl methyl sites for hydroxylation is 2. The third-order valence-corrected chi connectivity index (χ3v) is 5.41. The third kappa shape index (κ3) is 4.20. The molecule has 1 aromatic rings. The number of rotatable bonds is 6. The average Bonchev–Trinajstić information content (AvgIpc) is 2.31. The molecule has 19 heavy (non-hydrogen) atoms. The highest BCUT2D eigenvalue weighted by Gasteiger charge is 2.29. The van der Waals surface area contributed by atoms with Crippen LogP contribution in [0.15, 0.2) is 23.1 Å². The first kappa shape index (κ1) is 16.5. The van der Waals surface area contributed by atoms with Crippen molar-refractivity contribution in [1.82, 2.24) is 4.72 Å². The van der Waals surface area contributed by atoms with Crippen molar-refractivity contribution in [2.45, 2.75) is 51.0 Å². The van der Waals surface area contributed by atoms with Gasteiger partial charge in [0.2, 0.25) is 10.0 Å². The molecule has 0 aliphatic rings. The van der Waals surface area contributed by atoms with Gasteiger partial charge in [0.05, 0.1) is 4.90 Å². The second-order valence-electron chi connectivity index (χ2n) is 5.23. The zero-order valence-corrected chi connectivity index (χ0v) is 13.5. The van der Waals surface area contributed by atoms with Crippen molar-refractivity contribution >= 4 is 21.6 Å². The van der Waals surface area contributed by atoms with Crippen LogP contribution in [0.1, 0.15) is 37.8 Å². The first-order valence-electron chi connectivity index (χ1n) is 6.41. The molecule has 1 atom stereocenters. The molecule has 0 aliphatic heterocycles. The van der Waals surface area contributed by atoms with Crippen LogP contribution < -0.4 is 4.72 Å². The highest BCUT2D eigenvalue weighted by atomic mass is 35.5. The van der Waals surface area contributed by atoms with Gasteiger partial charge in [0.25, 0.3) is 0 Å². The molecule has 0 saturated heterocycles. The molecule has 0 aliphatic carbocycles. The van der Waals surface area contributed by atoms with Crippen LogP contribution in [0.5, 0.6) is 0 Å². The fourth-order valence-corrected chi connectivity index (χ4v) is 4.14. The van der Waals surface area contributed by atoms with Crippen LogP contribution in [0.2, 0.25) is 0 Å². The Balaban J connectivity index is 3.14. The zero-order valence-electron chi connectivity index (χ0n) is 12.0. The average molecular weight is 304 g/mol. The van der Waals surface area contributed by atoms with E-state index in [0.29, 0.717) is 23.6 Å². The summed E-state index contributed by atoms with van der Waals surface area (Å²) in [6.07, 6.45) is 1.30. The highest BCUT2D eigenvalue weighted by molar-refractivity contribution is 7.89. The van der Waals surface area contributed by atoms with Crippen molar-refractivity contribution in [3.63, 3.8) is 0 Å². The molecular weight excluding hydrogens is 282 g/mol. The molecular formula is C14H22ClNO2S. The van der Waals surface area contributed by atoms with Gasteiger partial charge in [-0.15, -0.1) is 11.6 Å². The highest BCUT2D eigenvalue weighted by Crippen LogP contribution is 2.22. The lowest BCUT2D eigenvalue weighted by Crippen LogP contribution is -2.45. The SMILES string of the molecule is CCC(C)(CCCl)NS(=O)(=O)c1cc(C)ccc1C. The summed E-state index contributed by atoms with van der Waals surface area (Å²) < 4.78 is 27.8. The molecule has 0 saturated carbocycles. The second kappa shape index (κ2) is 6.25. The van der Waals surface area contributed by atoms with Gasteiger partial charge < -0.3 is 0 Å². The maximum atomic E-state index is 12.5. The van der Waals surface area contributed by atoms with Gasteiger partial charge in [0.1, 0.15) is 0 Å². The molecule has 3 nitrogen and oxygen atoms in total. The van der Waals surface area contributed by atoms with E-state index in [2.05, 4.69) is 4.72 Å². The monoisotopic (exact) mass is 303 g/mol. The number of alkyl halides is 1. The van der Waals surface area contributed by atoms with Crippen LogP contribution in [0, 0.1) is 13.8 Å². The Kier molecular flexibility index (Phi) is 5.42. The van der Waals surface area contributed by atoms with Gasteiger partial charge in [-0.3, -0.25) is 0 Å². The van der Waals surface area contributed by atoms with E-state index in [9.17, 15) is 8.42 Å². The van der Waals surface area contributed by atoms with E-state index < -0.39 is 15.6 Å². The summed E-state index contributed by atoms with van der Waals surface area (Å²) >= 11 is 5.76. The molecule has 5 heteroatoms. The molecule has 1 N–H and O–H groups in total. The molecule has 0 bridgehead atoms. The summed E-state index contributed by atoms with van der Waals surface area (Å²) in [5.74, 6) is 0.430. The van der Waals surface area contributed by atoms with Gasteiger partial charge in [-0.2, -0.15) is 0 Å². The minimum absolute atomic E-state index is 0.349. The molecule has 0 aromatic heterocycles. The van der Waals surface area contributed by atoms with Gasteiger partial charge in [0.15, 0.2) is 0 Å². The number of halogens is 1. The molecule has 0 fully saturated rings. The lowest BCUT2D eigenvalue weighted by Gasteiger charge is -2.29. The predicted molar refractivity (Wildman–Crippen MR) is 80.3 cm³/mol. The summed E-state index contributed by atoms with van der Waals surface area (Å²) in [5, 5.41) is 0. The van der Waals surface area contributed by atoms with Crippen LogP contribution in [-0.2, 0) is 10.0 Å². The Bertz CT molecular complexity index is 542. The molecule has 1 unspecified atom stereocenters. The van der Waals surface area contributed by atoms with Gasteiger partial charge in [-0.1, -0.05) is 19.1 Å². The number of hydrogen-bond acceptors (Lipinski definition) is 2. The molecule has 0 amide bonds. The minimum Gasteiger partial charge on any atom is -0.207 e. The van der Waals surface area contributed by atoms with Crippen molar-refractivity contribution in [3.05, 3.63) is 29.3 Å². The normalized spacial score (nSPS) is 15.2. The summed E-state index contributed by atoms with van der Waals surface area (Å²) in [4.78, 5) is 0.349. The van der Waals surface area contributed by atoms with E-state index in [1.807, 2.05) is 32.9 Å². The Morgan fingerprint density at radius 1 is 1.32 bits per heavy atom. The maximum absolute atomic E-state index is 12.5. The van der Waals surface area contributed by atoms with E-state index in [0.717, 1.165) is 11.1 Å². The molecule has 1 rings (SSSR count). The number of hydrogen-bond donors (Lipinski definition) is 1. The van der Waals surface area contributed by atoms with Crippen LogP contribution in [-0.4, -0.2) is 19.8 Å². The Hall–Kier alpha value is -0.580. The quantitative estimate of drug-likeness (QED) is 0.819. The smallest absolute Gasteiger partial charge is 0.207 e. The number of benzene rings is 1. The summed E-state index contributed by atoms with van der Waals surface area (Å²) in [5.41, 5.74) is 1.18. The van der Waals surface area contributed by atoms with E-state index >= 15 is 0 Å². The zero-order chi connectivity index (χ0) is 14.7. The van der Waals surface area contributed by atoms with Crippen molar-refractivity contribution < 1.29 is 8.42 Å². The fraction of sp³-hybridized carbons (Fsp3) is 0.571. The Morgan fingerprint density at radius 3 is 2.47 bits per heavy atom. The Morgan fingerprint density at radius 2 is 1.95 bits per heavy atom. The topological polar surface area (TPSA) is 46.2 Å². The van der Waals surface area contributed by atoms with E-state index in [1.165, 1.54) is 0 Å². The molecule has 0 heterocycles. The predicted octanol–water partition coefficient (Wildman–Crippen LogP) is 3.38. The van der Waals surface area contributed by atoms with Gasteiger partial charge in [-0.05, 0) is 50.8 Å². The largest absolute Gasteiger partial charge is 0.241 e. The van der Waals surface area contributed by atoms with E-state index in [-0.39, 0.29) is 0 Å². The molecule has 0 radical (unpaired) electrons. The number of sulfonamides is 1. The molecule has 0 spiro atoms. The first-order valence-corrected chi connectivity index (χ1v) is 8.43. The maximum Gasteiger partial charge on any atom is 0.241 e. The van der Waals surface area contributed by atoms with Gasteiger partial charge >= 0.3 is 0 Å². The second-order valence-corrected chi connectivity index (χ2v) is 7.26. The van der Waals surface area contributed by atoms with Crippen molar-refractivity contribution in [2.24, 2.45) is 0 Å². The fourth-order valence-electron chi connectivity index (χ4n) is 1.88. The standard InChI is InChI=1S/C14H22ClNO2S/c1-5-14(4,8-9-15)16-19(17,18)13-10-11(2)6-7-12(13)3/h6-7,10,16H,5,8-9H2,1-4H3. The Labute approximate surface area is 121 Å². The summed E-state index contributed by atoms with van der Waals surface area (Å²) in [6, 6.07) is 5.44. The molecule has 108 valence electrons. The van der Waals surface area contributed by atoms with Crippen molar-refractivity contribution in [3.8, 4) is 0 Å². The number of nitrogens with one attached hydrogen (secondary N) is 1. The van der Waals surface area contributed by atoms with Gasteiger partial charge in [0, 0.05) is 11.4 Å². The van der Waals surface area contributed by atoms with Crippen molar-refractivity contribution in [2.75, 3.05) is 5.88 Å². The third-order valence-electron chi connectivity index (χ3n) is 3.44. The van der Waals surface area contributed by atoms with Crippen LogP contribution >= 0.6 is 11.6 Å². The van der Waals surface area contributed by atoms with E-state index in [4.69, 9.17) is 11.6 Å². The van der Waals surface area contributed by atoms with Crippen LogP contribution in [0.4, 0.5) is 0 Å². The summed E-state index contributed by atoms with van der Waals surface area (Å²) in [6.45, 7) is 7.53. The lowest BCUT2D eigenvalue weighted by atomic mass is 9.97. The van der Waals surface area contributed by atoms with Crippen LogP contribution in [0.25, 0.3) is 0 Å². The van der Waals surface area contributed by atoms with E-state index in [1.54, 1.807) is 13.0 Å².